The van der Waals surface area contributed by atoms with Crippen LogP contribution in [-0.4, -0.2) is 10.7 Å². The second kappa shape index (κ2) is 4.55. The van der Waals surface area contributed by atoms with E-state index in [1.54, 1.807) is 6.20 Å². The molecule has 13 heavy (non-hydrogen) atoms. The quantitative estimate of drug-likeness (QED) is 0.633. The van der Waals surface area contributed by atoms with Crippen molar-refractivity contribution in [1.82, 2.24) is 4.98 Å². The largest absolute Gasteiger partial charge is 0.264 e. The third kappa shape index (κ3) is 2.82. The molecule has 1 heterocycles. The molecular weight excluding hydrogens is 160 g/mol. The zero-order valence-electron chi connectivity index (χ0n) is 8.28. The molecular formula is C11H14N2. The van der Waals surface area contributed by atoms with Gasteiger partial charge in [-0.25, -0.2) is 0 Å². The topological polar surface area (TPSA) is 25.2 Å². The average Bonchev–Trinajstić information content (AvgIpc) is 2.15. The highest BCUT2D eigenvalue weighted by Gasteiger charge is 1.96. The summed E-state index contributed by atoms with van der Waals surface area (Å²) in [5, 5.41) is 0. The maximum atomic E-state index is 4.40. The Hall–Kier alpha value is -1.44. The van der Waals surface area contributed by atoms with Gasteiger partial charge in [0, 0.05) is 23.7 Å². The van der Waals surface area contributed by atoms with Crippen molar-refractivity contribution in [2.45, 2.75) is 20.8 Å². The fourth-order valence-electron chi connectivity index (χ4n) is 1.05. The van der Waals surface area contributed by atoms with Crippen molar-refractivity contribution in [1.29, 1.82) is 0 Å². The van der Waals surface area contributed by atoms with Crippen LogP contribution in [0.25, 0.3) is 5.70 Å². The minimum atomic E-state index is 0.980. The monoisotopic (exact) mass is 174 g/mol. The normalized spacial score (nSPS) is 11.2. The number of aromatic nitrogens is 1. The Balaban J connectivity index is 3.00. The second-order valence-corrected chi connectivity index (χ2v) is 2.97. The van der Waals surface area contributed by atoms with Crippen LogP contribution in [0, 0.1) is 0 Å². The molecule has 2 heteroatoms. The van der Waals surface area contributed by atoms with Crippen LogP contribution in [0.5, 0.6) is 0 Å². The lowest BCUT2D eigenvalue weighted by atomic mass is 10.2. The summed E-state index contributed by atoms with van der Waals surface area (Å²) in [6, 6.07) is 3.92. The van der Waals surface area contributed by atoms with E-state index in [0.717, 1.165) is 17.0 Å². The first-order valence-electron chi connectivity index (χ1n) is 4.32. The molecule has 0 spiro atoms. The Morgan fingerprint density at radius 1 is 1.46 bits per heavy atom. The molecule has 0 unspecified atom stereocenters. The highest BCUT2D eigenvalue weighted by molar-refractivity contribution is 5.85. The van der Waals surface area contributed by atoms with Gasteiger partial charge in [-0.1, -0.05) is 6.08 Å². The van der Waals surface area contributed by atoms with Crippen molar-refractivity contribution in [3.63, 3.8) is 0 Å². The van der Waals surface area contributed by atoms with Gasteiger partial charge in [0.05, 0.1) is 5.70 Å². The van der Waals surface area contributed by atoms with Crippen molar-refractivity contribution < 1.29 is 0 Å². The number of hydrogen-bond donors (Lipinski definition) is 0. The number of aliphatic imine (C=N–C) groups is 1. The maximum Gasteiger partial charge on any atom is 0.0673 e. The van der Waals surface area contributed by atoms with Crippen LogP contribution in [-0.2, 0) is 0 Å². The van der Waals surface area contributed by atoms with Gasteiger partial charge >= 0.3 is 0 Å². The summed E-state index contributed by atoms with van der Waals surface area (Å²) < 4.78 is 0. The molecule has 0 atom stereocenters. The number of hydrogen-bond acceptors (Lipinski definition) is 2. The molecule has 0 N–H and O–H groups in total. The minimum Gasteiger partial charge on any atom is -0.264 e. The SMILES string of the molecule is C/C=C(\N=C(C)C)c1cccnc1. The molecule has 0 fully saturated rings. The number of rotatable bonds is 2. The number of allylic oxidation sites excluding steroid dienone is 1. The third-order valence-corrected chi connectivity index (χ3v) is 1.57. The Morgan fingerprint density at radius 2 is 2.23 bits per heavy atom. The molecule has 0 amide bonds. The molecule has 0 aliphatic heterocycles. The van der Waals surface area contributed by atoms with Gasteiger partial charge in [0.25, 0.3) is 0 Å². The molecule has 0 saturated carbocycles. The Bertz CT molecular complexity index is 319. The summed E-state index contributed by atoms with van der Waals surface area (Å²) in [6.07, 6.45) is 5.57. The van der Waals surface area contributed by atoms with Crippen LogP contribution in [0.4, 0.5) is 0 Å². The van der Waals surface area contributed by atoms with Crippen LogP contribution in [0.15, 0.2) is 35.6 Å². The van der Waals surface area contributed by atoms with Crippen molar-refractivity contribution in [3.05, 3.63) is 36.2 Å². The van der Waals surface area contributed by atoms with Gasteiger partial charge in [-0.3, -0.25) is 9.98 Å². The number of nitrogens with zero attached hydrogens (tertiary/aromatic N) is 2. The molecule has 0 aliphatic carbocycles. The van der Waals surface area contributed by atoms with Crippen molar-refractivity contribution in [2.75, 3.05) is 0 Å². The molecule has 1 rings (SSSR count). The van der Waals surface area contributed by atoms with E-state index in [4.69, 9.17) is 0 Å². The van der Waals surface area contributed by atoms with Gasteiger partial charge in [0.15, 0.2) is 0 Å². The third-order valence-electron chi connectivity index (χ3n) is 1.57. The molecule has 1 aromatic rings. The zero-order valence-corrected chi connectivity index (χ0v) is 8.28. The van der Waals surface area contributed by atoms with Crippen LogP contribution in [0.3, 0.4) is 0 Å². The van der Waals surface area contributed by atoms with Crippen LogP contribution >= 0.6 is 0 Å². The first-order valence-corrected chi connectivity index (χ1v) is 4.32. The van der Waals surface area contributed by atoms with Crippen molar-refractivity contribution in [3.8, 4) is 0 Å². The Morgan fingerprint density at radius 3 is 2.69 bits per heavy atom. The molecule has 68 valence electrons. The van der Waals surface area contributed by atoms with Crippen LogP contribution < -0.4 is 0 Å². The molecule has 0 aromatic carbocycles. The number of pyridine rings is 1. The lowest BCUT2D eigenvalue weighted by molar-refractivity contribution is 1.29. The van der Waals surface area contributed by atoms with E-state index in [0.29, 0.717) is 0 Å². The summed E-state index contributed by atoms with van der Waals surface area (Å²) >= 11 is 0. The summed E-state index contributed by atoms with van der Waals surface area (Å²) in [5.41, 5.74) is 3.09. The van der Waals surface area contributed by atoms with Crippen LogP contribution in [0.1, 0.15) is 26.3 Å². The molecule has 1 aromatic heterocycles. The van der Waals surface area contributed by atoms with E-state index in [1.165, 1.54) is 0 Å². The Kier molecular flexibility index (Phi) is 3.38. The highest BCUT2D eigenvalue weighted by atomic mass is 14.8. The summed E-state index contributed by atoms with van der Waals surface area (Å²) in [4.78, 5) is 8.45. The minimum absolute atomic E-state index is 0.980. The smallest absolute Gasteiger partial charge is 0.0673 e. The van der Waals surface area contributed by atoms with E-state index in [-0.39, 0.29) is 0 Å². The van der Waals surface area contributed by atoms with E-state index in [1.807, 2.05) is 45.2 Å². The van der Waals surface area contributed by atoms with E-state index in [9.17, 15) is 0 Å². The van der Waals surface area contributed by atoms with E-state index in [2.05, 4.69) is 9.98 Å². The second-order valence-electron chi connectivity index (χ2n) is 2.97. The fraction of sp³-hybridized carbons (Fsp3) is 0.273. The van der Waals surface area contributed by atoms with E-state index >= 15 is 0 Å². The van der Waals surface area contributed by atoms with Crippen LogP contribution in [0.2, 0.25) is 0 Å². The van der Waals surface area contributed by atoms with Crippen molar-refractivity contribution in [2.24, 2.45) is 4.99 Å². The first-order chi connectivity index (χ1) is 6.24. The van der Waals surface area contributed by atoms with Gasteiger partial charge in [0.2, 0.25) is 0 Å². The lowest BCUT2D eigenvalue weighted by Gasteiger charge is -2.00. The Labute approximate surface area is 79.0 Å². The summed E-state index contributed by atoms with van der Waals surface area (Å²) in [6.45, 7) is 5.95. The lowest BCUT2D eigenvalue weighted by Crippen LogP contribution is -1.86. The molecule has 0 bridgehead atoms. The van der Waals surface area contributed by atoms with Gasteiger partial charge in [-0.05, 0) is 32.9 Å². The van der Waals surface area contributed by atoms with Crippen molar-refractivity contribution >= 4 is 11.4 Å². The maximum absolute atomic E-state index is 4.40. The highest BCUT2D eigenvalue weighted by Crippen LogP contribution is 2.13. The van der Waals surface area contributed by atoms with E-state index < -0.39 is 0 Å². The molecule has 0 radical (unpaired) electrons. The first kappa shape index (κ1) is 9.65. The van der Waals surface area contributed by atoms with Gasteiger partial charge in [0.1, 0.15) is 0 Å². The van der Waals surface area contributed by atoms with Gasteiger partial charge in [-0.2, -0.15) is 0 Å². The predicted octanol–water partition coefficient (Wildman–Crippen LogP) is 2.92. The molecule has 0 aliphatic rings. The van der Waals surface area contributed by atoms with Gasteiger partial charge in [-0.15, -0.1) is 0 Å². The fourth-order valence-corrected chi connectivity index (χ4v) is 1.05. The standard InChI is InChI=1S/C11H14N2/c1-4-11(13-9(2)3)10-6-5-7-12-8-10/h4-8H,1-3H3/b11-4-. The van der Waals surface area contributed by atoms with Gasteiger partial charge < -0.3 is 0 Å². The molecule has 2 nitrogen and oxygen atoms in total. The zero-order chi connectivity index (χ0) is 9.68. The average molecular weight is 174 g/mol. The summed E-state index contributed by atoms with van der Waals surface area (Å²) in [5.74, 6) is 0. The molecule has 0 saturated heterocycles. The predicted molar refractivity (Wildman–Crippen MR) is 56.7 cm³/mol. The summed E-state index contributed by atoms with van der Waals surface area (Å²) in [7, 11) is 0.